The van der Waals surface area contributed by atoms with Gasteiger partial charge in [0.1, 0.15) is 4.21 Å². The number of nitrogens with zero attached hydrogens (tertiary/aromatic N) is 1. The van der Waals surface area contributed by atoms with E-state index in [2.05, 4.69) is 10.6 Å². The Balaban J connectivity index is 1.47. The highest BCUT2D eigenvalue weighted by molar-refractivity contribution is 7.91. The average Bonchev–Trinajstić information content (AvgIpc) is 3.28. The molecule has 8 heteroatoms. The Morgan fingerprint density at radius 3 is 2.76 bits per heavy atom. The molecule has 0 bridgehead atoms. The van der Waals surface area contributed by atoms with Gasteiger partial charge in [-0.1, -0.05) is 6.42 Å². The fourth-order valence-corrected chi connectivity index (χ4v) is 6.44. The molecule has 3 rings (SSSR count). The largest absolute Gasteiger partial charge is 0.356 e. The second kappa shape index (κ2) is 8.62. The SMILES string of the molecule is O=C(CC1CCCN1)NCCc1ccc(S(=O)(=O)N2CCCCC2)s1. The van der Waals surface area contributed by atoms with E-state index in [1.54, 1.807) is 10.4 Å². The van der Waals surface area contributed by atoms with Gasteiger partial charge in [0.25, 0.3) is 10.0 Å². The third kappa shape index (κ3) is 5.03. The first-order valence-electron chi connectivity index (χ1n) is 9.14. The van der Waals surface area contributed by atoms with E-state index in [1.807, 2.05) is 6.07 Å². The van der Waals surface area contributed by atoms with Crippen LogP contribution in [0.25, 0.3) is 0 Å². The number of thiophene rings is 1. The van der Waals surface area contributed by atoms with E-state index in [0.717, 1.165) is 43.5 Å². The molecule has 25 heavy (non-hydrogen) atoms. The van der Waals surface area contributed by atoms with Crippen molar-refractivity contribution in [1.29, 1.82) is 0 Å². The molecule has 2 N–H and O–H groups in total. The second-order valence-electron chi connectivity index (χ2n) is 6.78. The van der Waals surface area contributed by atoms with Gasteiger partial charge >= 0.3 is 0 Å². The van der Waals surface area contributed by atoms with Crippen molar-refractivity contribution in [2.45, 2.75) is 55.2 Å². The van der Waals surface area contributed by atoms with E-state index < -0.39 is 10.0 Å². The van der Waals surface area contributed by atoms with Gasteiger partial charge < -0.3 is 10.6 Å². The molecular formula is C17H27N3O3S2. The van der Waals surface area contributed by atoms with Crippen molar-refractivity contribution >= 4 is 27.3 Å². The van der Waals surface area contributed by atoms with Gasteiger partial charge in [-0.05, 0) is 50.8 Å². The zero-order valence-electron chi connectivity index (χ0n) is 14.5. The van der Waals surface area contributed by atoms with Crippen molar-refractivity contribution in [2.24, 2.45) is 0 Å². The highest BCUT2D eigenvalue weighted by Gasteiger charge is 2.27. The summed E-state index contributed by atoms with van der Waals surface area (Å²) in [5.41, 5.74) is 0. The van der Waals surface area contributed by atoms with Gasteiger partial charge in [0.2, 0.25) is 5.91 Å². The third-order valence-electron chi connectivity index (χ3n) is 4.83. The minimum atomic E-state index is -3.34. The first-order chi connectivity index (χ1) is 12.1. The molecule has 2 fully saturated rings. The van der Waals surface area contributed by atoms with E-state index in [0.29, 0.717) is 42.7 Å². The van der Waals surface area contributed by atoms with Gasteiger partial charge in [-0.25, -0.2) is 8.42 Å². The van der Waals surface area contributed by atoms with Crippen LogP contribution in [0.2, 0.25) is 0 Å². The summed E-state index contributed by atoms with van der Waals surface area (Å²) in [6.45, 7) is 2.80. The lowest BCUT2D eigenvalue weighted by atomic mass is 10.1. The van der Waals surface area contributed by atoms with Gasteiger partial charge in [0.05, 0.1) is 0 Å². The zero-order valence-corrected chi connectivity index (χ0v) is 16.1. The van der Waals surface area contributed by atoms with Crippen molar-refractivity contribution < 1.29 is 13.2 Å². The van der Waals surface area contributed by atoms with Crippen molar-refractivity contribution in [1.82, 2.24) is 14.9 Å². The summed E-state index contributed by atoms with van der Waals surface area (Å²) in [7, 11) is -3.34. The molecule has 0 aliphatic carbocycles. The minimum Gasteiger partial charge on any atom is -0.356 e. The summed E-state index contributed by atoms with van der Waals surface area (Å²) in [5.74, 6) is 0.0668. The first kappa shape index (κ1) is 18.8. The van der Waals surface area contributed by atoms with Crippen LogP contribution in [-0.4, -0.2) is 50.9 Å². The third-order valence-corrected chi connectivity index (χ3v) is 8.34. The first-order valence-corrected chi connectivity index (χ1v) is 11.4. The highest BCUT2D eigenvalue weighted by Crippen LogP contribution is 2.27. The summed E-state index contributed by atoms with van der Waals surface area (Å²) in [5, 5.41) is 6.25. The number of rotatable bonds is 7. The number of nitrogens with one attached hydrogen (secondary N) is 2. The number of amides is 1. The number of piperidine rings is 1. The summed E-state index contributed by atoms with van der Waals surface area (Å²) in [4.78, 5) is 12.9. The van der Waals surface area contributed by atoms with E-state index in [4.69, 9.17) is 0 Å². The van der Waals surface area contributed by atoms with E-state index in [-0.39, 0.29) is 5.91 Å². The van der Waals surface area contributed by atoms with Gasteiger partial charge in [-0.15, -0.1) is 11.3 Å². The fourth-order valence-electron chi connectivity index (χ4n) is 3.42. The smallest absolute Gasteiger partial charge is 0.252 e. The summed E-state index contributed by atoms with van der Waals surface area (Å²) >= 11 is 1.32. The molecule has 3 heterocycles. The second-order valence-corrected chi connectivity index (χ2v) is 10.1. The van der Waals surface area contributed by atoms with E-state index in [1.165, 1.54) is 11.3 Å². The molecule has 0 radical (unpaired) electrons. The monoisotopic (exact) mass is 385 g/mol. The molecular weight excluding hydrogens is 358 g/mol. The molecule has 2 aliphatic heterocycles. The van der Waals surface area contributed by atoms with Crippen LogP contribution < -0.4 is 10.6 Å². The van der Waals surface area contributed by atoms with Crippen LogP contribution in [0.5, 0.6) is 0 Å². The predicted molar refractivity (Wildman–Crippen MR) is 99.3 cm³/mol. The molecule has 0 spiro atoms. The van der Waals surface area contributed by atoms with Crippen molar-refractivity contribution in [3.63, 3.8) is 0 Å². The van der Waals surface area contributed by atoms with Crippen LogP contribution in [-0.2, 0) is 21.2 Å². The molecule has 0 aromatic carbocycles. The van der Waals surface area contributed by atoms with E-state index >= 15 is 0 Å². The van der Waals surface area contributed by atoms with Crippen molar-refractivity contribution in [3.05, 3.63) is 17.0 Å². The minimum absolute atomic E-state index is 0.0668. The molecule has 1 amide bonds. The van der Waals surface area contributed by atoms with Gasteiger partial charge in [-0.3, -0.25) is 4.79 Å². The Labute approximate surface area is 154 Å². The fraction of sp³-hybridized carbons (Fsp3) is 0.706. The van der Waals surface area contributed by atoms with Crippen LogP contribution in [0.1, 0.15) is 43.4 Å². The Morgan fingerprint density at radius 1 is 1.24 bits per heavy atom. The van der Waals surface area contributed by atoms with Crippen LogP contribution in [0.15, 0.2) is 16.3 Å². The number of carbonyl (C=O) groups excluding carboxylic acids is 1. The zero-order chi connectivity index (χ0) is 17.7. The number of sulfonamides is 1. The number of hydrogen-bond acceptors (Lipinski definition) is 5. The number of carbonyl (C=O) groups is 1. The predicted octanol–water partition coefficient (Wildman–Crippen LogP) is 1.72. The molecule has 140 valence electrons. The average molecular weight is 386 g/mol. The molecule has 0 saturated carbocycles. The van der Waals surface area contributed by atoms with Crippen molar-refractivity contribution in [3.8, 4) is 0 Å². The Bertz CT molecular complexity index is 675. The van der Waals surface area contributed by atoms with Crippen molar-refractivity contribution in [2.75, 3.05) is 26.2 Å². The molecule has 1 aromatic rings. The number of hydrogen-bond donors (Lipinski definition) is 2. The maximum atomic E-state index is 12.6. The van der Waals surface area contributed by atoms with Crippen LogP contribution >= 0.6 is 11.3 Å². The quantitative estimate of drug-likeness (QED) is 0.749. The van der Waals surface area contributed by atoms with Crippen LogP contribution in [0, 0.1) is 0 Å². The lowest BCUT2D eigenvalue weighted by molar-refractivity contribution is -0.121. The molecule has 2 saturated heterocycles. The van der Waals surface area contributed by atoms with Gasteiger partial charge in [0.15, 0.2) is 0 Å². The van der Waals surface area contributed by atoms with Crippen LogP contribution in [0.4, 0.5) is 0 Å². The Hall–Kier alpha value is -0.960. The van der Waals surface area contributed by atoms with Crippen LogP contribution in [0.3, 0.4) is 0 Å². The summed E-state index contributed by atoms with van der Waals surface area (Å²) in [6.07, 6.45) is 6.40. The molecule has 1 unspecified atom stereocenters. The maximum absolute atomic E-state index is 12.6. The standard InChI is InChI=1S/C17H27N3O3S2/c21-16(13-14-5-4-9-18-14)19-10-8-15-6-7-17(24-15)25(22,23)20-11-2-1-3-12-20/h6-7,14,18H,1-5,8-13H2,(H,19,21). The molecule has 1 aromatic heterocycles. The van der Waals surface area contributed by atoms with Gasteiger partial charge in [-0.2, -0.15) is 4.31 Å². The Kier molecular flexibility index (Phi) is 6.49. The maximum Gasteiger partial charge on any atom is 0.252 e. The summed E-state index contributed by atoms with van der Waals surface area (Å²) in [6, 6.07) is 3.88. The topological polar surface area (TPSA) is 78.5 Å². The molecule has 1 atom stereocenters. The lowest BCUT2D eigenvalue weighted by Crippen LogP contribution is -2.35. The molecule has 2 aliphatic rings. The van der Waals surface area contributed by atoms with Gasteiger partial charge in [0, 0.05) is 37.0 Å². The normalized spacial score (nSPS) is 22.2. The van der Waals surface area contributed by atoms with E-state index in [9.17, 15) is 13.2 Å². The Morgan fingerprint density at radius 2 is 2.04 bits per heavy atom. The lowest BCUT2D eigenvalue weighted by Gasteiger charge is -2.25. The highest BCUT2D eigenvalue weighted by atomic mass is 32.2. The summed E-state index contributed by atoms with van der Waals surface area (Å²) < 4.78 is 27.3. The molecule has 6 nitrogen and oxygen atoms in total.